The van der Waals surface area contributed by atoms with Crippen molar-refractivity contribution in [2.75, 3.05) is 0 Å². The maximum atomic E-state index is 12.6. The van der Waals surface area contributed by atoms with E-state index in [2.05, 4.69) is 25.1 Å². The molecule has 0 atom stereocenters. The van der Waals surface area contributed by atoms with Crippen LogP contribution in [0.15, 0.2) is 30.9 Å². The van der Waals surface area contributed by atoms with Gasteiger partial charge in [-0.25, -0.2) is 9.36 Å². The molecule has 11 heteroatoms. The summed E-state index contributed by atoms with van der Waals surface area (Å²) in [6, 6.07) is 1.63. The van der Waals surface area contributed by atoms with Crippen molar-refractivity contribution in [1.82, 2.24) is 34.5 Å². The highest BCUT2D eigenvalue weighted by molar-refractivity contribution is 6.28. The lowest BCUT2D eigenvalue weighted by atomic mass is 10.4. The second-order valence-electron chi connectivity index (χ2n) is 3.83. The Kier molecular flexibility index (Phi) is 3.09. The van der Waals surface area contributed by atoms with Crippen LogP contribution < -0.4 is 0 Å². The van der Waals surface area contributed by atoms with Crippen LogP contribution in [0.2, 0.25) is 5.28 Å². The summed E-state index contributed by atoms with van der Waals surface area (Å²) in [7, 11) is 0. The van der Waals surface area contributed by atoms with Crippen LogP contribution in [0.4, 0.5) is 13.2 Å². The van der Waals surface area contributed by atoms with E-state index in [1.165, 1.54) is 10.9 Å². The van der Waals surface area contributed by atoms with Gasteiger partial charge in [0.2, 0.25) is 5.28 Å². The highest BCUT2D eigenvalue weighted by Gasteiger charge is 2.32. The van der Waals surface area contributed by atoms with E-state index in [-0.39, 0.29) is 17.2 Å². The molecule has 7 nitrogen and oxygen atoms in total. The monoisotopic (exact) mass is 315 g/mol. The number of hydrogen-bond acceptors (Lipinski definition) is 5. The summed E-state index contributed by atoms with van der Waals surface area (Å²) in [5, 5.41) is 7.29. The Bertz CT molecular complexity index is 765. The van der Waals surface area contributed by atoms with Crippen molar-refractivity contribution in [3.8, 4) is 11.9 Å². The highest BCUT2D eigenvalue weighted by atomic mass is 35.5. The number of rotatable bonds is 2. The molecular formula is C10H5ClF3N7. The third-order valence-corrected chi connectivity index (χ3v) is 2.58. The summed E-state index contributed by atoms with van der Waals surface area (Å²) in [6.45, 7) is 0. The summed E-state index contributed by atoms with van der Waals surface area (Å²) >= 11 is 5.75. The van der Waals surface area contributed by atoms with Gasteiger partial charge in [0.1, 0.15) is 0 Å². The third kappa shape index (κ3) is 2.70. The van der Waals surface area contributed by atoms with Crippen LogP contribution in [0.25, 0.3) is 11.9 Å². The van der Waals surface area contributed by atoms with E-state index >= 15 is 0 Å². The Hall–Kier alpha value is -2.49. The Morgan fingerprint density at radius 2 is 1.71 bits per heavy atom. The van der Waals surface area contributed by atoms with Crippen molar-refractivity contribution >= 4 is 11.6 Å². The maximum Gasteiger partial charge on any atom is 0.419 e. The minimum atomic E-state index is -4.50. The molecule has 0 amide bonds. The van der Waals surface area contributed by atoms with Crippen molar-refractivity contribution < 1.29 is 13.2 Å². The van der Waals surface area contributed by atoms with E-state index in [1.807, 2.05) is 0 Å². The molecule has 0 N–H and O–H groups in total. The van der Waals surface area contributed by atoms with Gasteiger partial charge in [-0.1, -0.05) is 0 Å². The van der Waals surface area contributed by atoms with E-state index in [9.17, 15) is 13.2 Å². The fourth-order valence-corrected chi connectivity index (χ4v) is 1.65. The van der Waals surface area contributed by atoms with E-state index in [1.54, 1.807) is 12.3 Å². The minimum absolute atomic E-state index is 0.0686. The second-order valence-corrected chi connectivity index (χ2v) is 4.16. The Morgan fingerprint density at radius 1 is 1.00 bits per heavy atom. The van der Waals surface area contributed by atoms with Crippen LogP contribution >= 0.6 is 11.6 Å². The first-order valence-corrected chi connectivity index (χ1v) is 5.85. The zero-order chi connectivity index (χ0) is 15.0. The molecule has 0 spiro atoms. The number of halogens is 4. The zero-order valence-corrected chi connectivity index (χ0v) is 10.8. The molecule has 0 aliphatic rings. The largest absolute Gasteiger partial charge is 0.419 e. The molecule has 0 fully saturated rings. The number of alkyl halides is 3. The Balaban J connectivity index is 2.05. The van der Waals surface area contributed by atoms with Crippen LogP contribution in [0.1, 0.15) is 5.56 Å². The number of hydrogen-bond donors (Lipinski definition) is 0. The average molecular weight is 316 g/mol. The molecule has 0 bridgehead atoms. The SMILES string of the molecule is FC(F)(F)c1cnn(-c2nc(Cl)nc(-n3cccn3)n2)c1. The molecule has 0 unspecified atom stereocenters. The van der Waals surface area contributed by atoms with Gasteiger partial charge >= 0.3 is 6.18 Å². The minimum Gasteiger partial charge on any atom is -0.206 e. The van der Waals surface area contributed by atoms with Gasteiger partial charge in [-0.2, -0.15) is 38.3 Å². The lowest BCUT2D eigenvalue weighted by molar-refractivity contribution is -0.137. The van der Waals surface area contributed by atoms with Crippen LogP contribution in [0, 0.1) is 0 Å². The van der Waals surface area contributed by atoms with E-state index in [4.69, 9.17) is 11.6 Å². The van der Waals surface area contributed by atoms with Crippen LogP contribution in [-0.4, -0.2) is 34.5 Å². The number of aromatic nitrogens is 7. The highest BCUT2D eigenvalue weighted by Crippen LogP contribution is 2.28. The van der Waals surface area contributed by atoms with Gasteiger partial charge in [0.05, 0.1) is 11.8 Å². The summed E-state index contributed by atoms with van der Waals surface area (Å²) in [6.07, 6.45) is -0.0175. The molecule has 0 radical (unpaired) electrons. The normalized spacial score (nSPS) is 11.8. The molecule has 0 aliphatic carbocycles. The molecule has 3 aromatic rings. The van der Waals surface area contributed by atoms with Gasteiger partial charge in [-0.3, -0.25) is 0 Å². The molecule has 108 valence electrons. The second kappa shape index (κ2) is 4.81. The van der Waals surface area contributed by atoms with Gasteiger partial charge in [0.15, 0.2) is 0 Å². The fraction of sp³-hybridized carbons (Fsp3) is 0.100. The van der Waals surface area contributed by atoms with Crippen molar-refractivity contribution in [3.63, 3.8) is 0 Å². The summed E-state index contributed by atoms with van der Waals surface area (Å²) in [5.41, 5.74) is -0.917. The molecular weight excluding hydrogens is 311 g/mol. The van der Waals surface area contributed by atoms with Gasteiger partial charge in [-0.05, 0) is 17.7 Å². The van der Waals surface area contributed by atoms with E-state index in [0.717, 1.165) is 10.9 Å². The molecule has 0 aromatic carbocycles. The Labute approximate surface area is 120 Å². The standard InChI is InChI=1S/C10H5ClF3N7/c11-7-17-8(20-3-1-2-15-20)19-9(18-7)21-5-6(4-16-21)10(12,13)14/h1-5H. The molecule has 0 saturated carbocycles. The van der Waals surface area contributed by atoms with E-state index < -0.39 is 11.7 Å². The van der Waals surface area contributed by atoms with Crippen LogP contribution in [-0.2, 0) is 6.18 Å². The van der Waals surface area contributed by atoms with Crippen molar-refractivity contribution in [2.24, 2.45) is 0 Å². The summed E-state index contributed by atoms with van der Waals surface area (Å²) in [4.78, 5) is 11.6. The fourth-order valence-electron chi connectivity index (χ4n) is 1.50. The maximum absolute atomic E-state index is 12.6. The van der Waals surface area contributed by atoms with Crippen LogP contribution in [0.5, 0.6) is 0 Å². The molecule has 3 heterocycles. The average Bonchev–Trinajstić information content (AvgIpc) is 3.09. The summed E-state index contributed by atoms with van der Waals surface area (Å²) < 4.78 is 39.8. The third-order valence-electron chi connectivity index (χ3n) is 2.41. The molecule has 0 aliphatic heterocycles. The lowest BCUT2D eigenvalue weighted by Gasteiger charge is -2.04. The van der Waals surface area contributed by atoms with Crippen molar-refractivity contribution in [3.05, 3.63) is 41.7 Å². The van der Waals surface area contributed by atoms with Gasteiger partial charge < -0.3 is 0 Å². The predicted octanol–water partition coefficient (Wildman–Crippen LogP) is 1.92. The summed E-state index contributed by atoms with van der Waals surface area (Å²) in [5.74, 6) is -0.0740. The van der Waals surface area contributed by atoms with Crippen molar-refractivity contribution in [1.29, 1.82) is 0 Å². The van der Waals surface area contributed by atoms with Crippen LogP contribution in [0.3, 0.4) is 0 Å². The zero-order valence-electron chi connectivity index (χ0n) is 10.0. The first-order chi connectivity index (χ1) is 9.93. The quantitative estimate of drug-likeness (QED) is 0.722. The molecule has 3 rings (SSSR count). The number of nitrogens with zero attached hydrogens (tertiary/aromatic N) is 7. The Morgan fingerprint density at radius 3 is 2.29 bits per heavy atom. The topological polar surface area (TPSA) is 74.3 Å². The van der Waals surface area contributed by atoms with E-state index in [0.29, 0.717) is 6.20 Å². The molecule has 3 aromatic heterocycles. The molecule has 0 saturated heterocycles. The van der Waals surface area contributed by atoms with Gasteiger partial charge in [0, 0.05) is 18.6 Å². The predicted molar refractivity (Wildman–Crippen MR) is 64.1 cm³/mol. The van der Waals surface area contributed by atoms with Gasteiger partial charge in [-0.15, -0.1) is 0 Å². The molecule has 21 heavy (non-hydrogen) atoms. The van der Waals surface area contributed by atoms with Gasteiger partial charge in [0.25, 0.3) is 11.9 Å². The first kappa shape index (κ1) is 13.5. The van der Waals surface area contributed by atoms with Crippen molar-refractivity contribution in [2.45, 2.75) is 6.18 Å². The first-order valence-electron chi connectivity index (χ1n) is 5.47. The lowest BCUT2D eigenvalue weighted by Crippen LogP contribution is -2.09. The smallest absolute Gasteiger partial charge is 0.206 e.